The lowest BCUT2D eigenvalue weighted by molar-refractivity contribution is -0.136. The number of carbonyl (C=O) groups is 1. The first-order chi connectivity index (χ1) is 9.69. The molecule has 2 fully saturated rings. The van der Waals surface area contributed by atoms with Crippen molar-refractivity contribution < 1.29 is 18.3 Å². The fourth-order valence-corrected chi connectivity index (χ4v) is 4.05. The number of sulfonamides is 1. The molecule has 6 nitrogen and oxygen atoms in total. The number of piperidine rings is 1. The first kappa shape index (κ1) is 16.7. The first-order valence-corrected chi connectivity index (χ1v) is 9.50. The summed E-state index contributed by atoms with van der Waals surface area (Å²) in [5.41, 5.74) is -0.672. The highest BCUT2D eigenvalue weighted by molar-refractivity contribution is 7.88. The van der Waals surface area contributed by atoms with Crippen LogP contribution in [0.15, 0.2) is 0 Å². The number of hydrogen-bond acceptors (Lipinski definition) is 4. The molecule has 0 aliphatic carbocycles. The molecule has 0 aromatic rings. The summed E-state index contributed by atoms with van der Waals surface area (Å²) in [6, 6.07) is 0. The summed E-state index contributed by atoms with van der Waals surface area (Å²) in [5, 5.41) is 10.1. The van der Waals surface area contributed by atoms with Crippen LogP contribution in [0.25, 0.3) is 0 Å². The van der Waals surface area contributed by atoms with Crippen molar-refractivity contribution in [3.8, 4) is 0 Å². The Hall–Kier alpha value is -0.660. The van der Waals surface area contributed by atoms with E-state index >= 15 is 0 Å². The summed E-state index contributed by atoms with van der Waals surface area (Å²) in [4.78, 5) is 14.4. The van der Waals surface area contributed by atoms with E-state index in [2.05, 4.69) is 0 Å². The number of aliphatic hydroxyl groups is 1. The second kappa shape index (κ2) is 6.22. The third-order valence-corrected chi connectivity index (χ3v) is 5.95. The normalized spacial score (nSPS) is 30.1. The van der Waals surface area contributed by atoms with Crippen LogP contribution in [-0.4, -0.2) is 66.7 Å². The average molecular weight is 318 g/mol. The van der Waals surface area contributed by atoms with E-state index in [4.69, 9.17) is 0 Å². The topological polar surface area (TPSA) is 77.9 Å². The van der Waals surface area contributed by atoms with Gasteiger partial charge < -0.3 is 10.0 Å². The molecule has 0 radical (unpaired) electrons. The van der Waals surface area contributed by atoms with Crippen LogP contribution in [0.2, 0.25) is 0 Å². The Balaban J connectivity index is 1.90. The Labute approximate surface area is 127 Å². The Bertz CT molecular complexity index is 481. The highest BCUT2D eigenvalue weighted by Gasteiger charge is 2.33. The average Bonchev–Trinajstić information content (AvgIpc) is 2.58. The van der Waals surface area contributed by atoms with Gasteiger partial charge in [0.25, 0.3) is 0 Å². The number of carbonyl (C=O) groups excluding carboxylic acids is 1. The molecule has 21 heavy (non-hydrogen) atoms. The monoisotopic (exact) mass is 318 g/mol. The lowest BCUT2D eigenvalue weighted by Gasteiger charge is -2.32. The second-order valence-electron chi connectivity index (χ2n) is 6.61. The maximum absolute atomic E-state index is 12.5. The van der Waals surface area contributed by atoms with E-state index in [1.54, 1.807) is 0 Å². The van der Waals surface area contributed by atoms with E-state index in [-0.39, 0.29) is 11.8 Å². The molecule has 0 aromatic carbocycles. The van der Waals surface area contributed by atoms with E-state index in [9.17, 15) is 18.3 Å². The molecule has 1 N–H and O–H groups in total. The van der Waals surface area contributed by atoms with Crippen LogP contribution < -0.4 is 0 Å². The molecule has 0 spiro atoms. The summed E-state index contributed by atoms with van der Waals surface area (Å²) in [5.74, 6) is 0.0481. The maximum atomic E-state index is 12.5. The largest absolute Gasteiger partial charge is 0.390 e. The second-order valence-corrected chi connectivity index (χ2v) is 8.59. The third kappa shape index (κ3) is 4.40. The minimum atomic E-state index is -3.15. The van der Waals surface area contributed by atoms with Crippen molar-refractivity contribution in [3.05, 3.63) is 0 Å². The van der Waals surface area contributed by atoms with Crippen LogP contribution in [0, 0.1) is 5.92 Å². The number of likely N-dealkylation sites (tertiary alicyclic amines) is 1. The van der Waals surface area contributed by atoms with E-state index < -0.39 is 15.6 Å². The van der Waals surface area contributed by atoms with Crippen LogP contribution in [-0.2, 0) is 14.8 Å². The maximum Gasteiger partial charge on any atom is 0.225 e. The molecule has 0 aromatic heterocycles. The molecule has 0 bridgehead atoms. The number of nitrogens with zero attached hydrogens (tertiary/aromatic N) is 2. The molecule has 1 atom stereocenters. The van der Waals surface area contributed by atoms with Crippen LogP contribution >= 0.6 is 0 Å². The Kier molecular flexibility index (Phi) is 4.95. The summed E-state index contributed by atoms with van der Waals surface area (Å²) in [6.07, 6.45) is 4.56. The standard InChI is InChI=1S/C14H26N2O4S/c1-14(18)6-3-8-15(11-7-14)13(17)12-4-9-16(10-5-12)21(2,19)20/h12,18H,3-11H2,1-2H3. The minimum absolute atomic E-state index is 0.0777. The zero-order valence-electron chi connectivity index (χ0n) is 12.9. The first-order valence-electron chi connectivity index (χ1n) is 7.65. The lowest BCUT2D eigenvalue weighted by atomic mass is 9.96. The fraction of sp³-hybridized carbons (Fsp3) is 0.929. The van der Waals surface area contributed by atoms with Crippen LogP contribution in [0.1, 0.15) is 39.0 Å². The molecule has 2 aliphatic rings. The van der Waals surface area contributed by atoms with Crippen molar-refractivity contribution in [2.75, 3.05) is 32.4 Å². The Morgan fingerprint density at radius 3 is 2.33 bits per heavy atom. The van der Waals surface area contributed by atoms with Crippen molar-refractivity contribution in [1.82, 2.24) is 9.21 Å². The molecule has 2 saturated heterocycles. The van der Waals surface area contributed by atoms with Gasteiger partial charge >= 0.3 is 0 Å². The van der Waals surface area contributed by atoms with Crippen molar-refractivity contribution in [3.63, 3.8) is 0 Å². The van der Waals surface area contributed by atoms with Gasteiger partial charge in [-0.2, -0.15) is 0 Å². The molecular formula is C14H26N2O4S. The van der Waals surface area contributed by atoms with Gasteiger partial charge in [-0.15, -0.1) is 0 Å². The van der Waals surface area contributed by atoms with Crippen molar-refractivity contribution in [2.24, 2.45) is 5.92 Å². The van der Waals surface area contributed by atoms with Crippen molar-refractivity contribution in [2.45, 2.75) is 44.6 Å². The van der Waals surface area contributed by atoms with Gasteiger partial charge in [-0.25, -0.2) is 12.7 Å². The van der Waals surface area contributed by atoms with Gasteiger partial charge in [0.1, 0.15) is 0 Å². The Morgan fingerprint density at radius 1 is 1.14 bits per heavy atom. The smallest absolute Gasteiger partial charge is 0.225 e. The molecular weight excluding hydrogens is 292 g/mol. The molecule has 1 unspecified atom stereocenters. The predicted octanol–water partition coefficient (Wildman–Crippen LogP) is 0.422. The van der Waals surface area contributed by atoms with E-state index in [1.165, 1.54) is 10.6 Å². The zero-order valence-corrected chi connectivity index (χ0v) is 13.7. The SMILES string of the molecule is CC1(O)CCCN(C(=O)C2CCN(S(C)(=O)=O)CC2)CC1. The highest BCUT2D eigenvalue weighted by atomic mass is 32.2. The molecule has 0 saturated carbocycles. The van der Waals surface area contributed by atoms with E-state index in [1.807, 2.05) is 11.8 Å². The van der Waals surface area contributed by atoms with Gasteiger partial charge in [0, 0.05) is 32.1 Å². The number of rotatable bonds is 2. The van der Waals surface area contributed by atoms with Gasteiger partial charge in [0.15, 0.2) is 0 Å². The van der Waals surface area contributed by atoms with Gasteiger partial charge in [-0.1, -0.05) is 0 Å². The summed E-state index contributed by atoms with van der Waals surface area (Å²) >= 11 is 0. The molecule has 1 amide bonds. The van der Waals surface area contributed by atoms with Crippen LogP contribution in [0.3, 0.4) is 0 Å². The lowest BCUT2D eigenvalue weighted by Crippen LogP contribution is -2.44. The third-order valence-electron chi connectivity index (χ3n) is 4.65. The predicted molar refractivity (Wildman–Crippen MR) is 80.2 cm³/mol. The molecule has 2 rings (SSSR count). The molecule has 2 aliphatic heterocycles. The van der Waals surface area contributed by atoms with Crippen molar-refractivity contribution >= 4 is 15.9 Å². The minimum Gasteiger partial charge on any atom is -0.390 e. The van der Waals surface area contributed by atoms with Gasteiger partial charge in [-0.05, 0) is 39.0 Å². The van der Waals surface area contributed by atoms with Crippen LogP contribution in [0.4, 0.5) is 0 Å². The number of hydrogen-bond donors (Lipinski definition) is 1. The summed E-state index contributed by atoms with van der Waals surface area (Å²) in [7, 11) is -3.15. The van der Waals surface area contributed by atoms with Gasteiger partial charge in [-0.3, -0.25) is 4.79 Å². The molecule has 7 heteroatoms. The number of amides is 1. The van der Waals surface area contributed by atoms with Gasteiger partial charge in [0.05, 0.1) is 11.9 Å². The molecule has 2 heterocycles. The zero-order chi connectivity index (χ0) is 15.7. The van der Waals surface area contributed by atoms with Crippen LogP contribution in [0.5, 0.6) is 0 Å². The van der Waals surface area contributed by atoms with E-state index in [0.717, 1.165) is 12.8 Å². The highest BCUT2D eigenvalue weighted by Crippen LogP contribution is 2.25. The van der Waals surface area contributed by atoms with E-state index in [0.29, 0.717) is 45.4 Å². The fourth-order valence-electron chi connectivity index (χ4n) is 3.18. The molecule has 122 valence electrons. The van der Waals surface area contributed by atoms with Gasteiger partial charge in [0.2, 0.25) is 15.9 Å². The summed E-state index contributed by atoms with van der Waals surface area (Å²) < 4.78 is 24.4. The van der Waals surface area contributed by atoms with Crippen molar-refractivity contribution in [1.29, 1.82) is 0 Å². The summed E-state index contributed by atoms with van der Waals surface area (Å²) in [6.45, 7) is 3.98. The quantitative estimate of drug-likeness (QED) is 0.800. The Morgan fingerprint density at radius 2 is 1.76 bits per heavy atom.